The Morgan fingerprint density at radius 3 is 2.42 bits per heavy atom. The number of benzene rings is 3. The maximum Gasteiger partial charge on any atom is 0.337 e. The van der Waals surface area contributed by atoms with E-state index in [2.05, 4.69) is 0 Å². The van der Waals surface area contributed by atoms with Gasteiger partial charge in [0, 0.05) is 17.1 Å². The SMILES string of the molecule is COC(=O)c1ccc(N2COc3ccc4c(-c5ccc(OC)cc5)cc(=O)oc4c3C2)cc1. The lowest BCUT2D eigenvalue weighted by Gasteiger charge is -2.31. The van der Waals surface area contributed by atoms with Crippen LogP contribution in [0, 0.1) is 0 Å². The van der Waals surface area contributed by atoms with Crippen molar-refractivity contribution in [2.24, 2.45) is 0 Å². The molecule has 0 aliphatic carbocycles. The Labute approximate surface area is 189 Å². The Kier molecular flexibility index (Phi) is 5.22. The molecule has 33 heavy (non-hydrogen) atoms. The molecule has 0 atom stereocenters. The number of esters is 1. The van der Waals surface area contributed by atoms with Gasteiger partial charge in [0.2, 0.25) is 0 Å². The summed E-state index contributed by atoms with van der Waals surface area (Å²) in [5.41, 5.74) is 3.89. The second-order valence-electron chi connectivity index (χ2n) is 7.64. The van der Waals surface area contributed by atoms with Gasteiger partial charge in [0.1, 0.15) is 17.1 Å². The largest absolute Gasteiger partial charge is 0.497 e. The maximum absolute atomic E-state index is 12.5. The number of anilines is 1. The molecule has 0 fully saturated rings. The van der Waals surface area contributed by atoms with Gasteiger partial charge in [0.25, 0.3) is 0 Å². The first kappa shape index (κ1) is 20.6. The van der Waals surface area contributed by atoms with Gasteiger partial charge in [-0.1, -0.05) is 12.1 Å². The van der Waals surface area contributed by atoms with Crippen molar-refractivity contribution in [2.45, 2.75) is 6.54 Å². The first-order chi connectivity index (χ1) is 16.1. The molecule has 0 saturated carbocycles. The molecule has 0 N–H and O–H groups in total. The number of hydrogen-bond donors (Lipinski definition) is 0. The Hall–Kier alpha value is -4.26. The van der Waals surface area contributed by atoms with Crippen LogP contribution in [-0.2, 0) is 11.3 Å². The number of rotatable bonds is 4. The van der Waals surface area contributed by atoms with Crippen LogP contribution >= 0.6 is 0 Å². The fourth-order valence-electron chi connectivity index (χ4n) is 4.03. The van der Waals surface area contributed by atoms with Gasteiger partial charge in [0.05, 0.1) is 31.9 Å². The van der Waals surface area contributed by atoms with E-state index in [0.29, 0.717) is 30.2 Å². The van der Waals surface area contributed by atoms with Crippen LogP contribution in [0.25, 0.3) is 22.1 Å². The van der Waals surface area contributed by atoms with Crippen LogP contribution in [0.15, 0.2) is 75.9 Å². The van der Waals surface area contributed by atoms with Crippen LogP contribution < -0.4 is 20.0 Å². The third kappa shape index (κ3) is 3.78. The molecular weight excluding hydrogens is 422 g/mol. The van der Waals surface area contributed by atoms with Crippen LogP contribution in [0.2, 0.25) is 0 Å². The zero-order chi connectivity index (χ0) is 22.9. The highest BCUT2D eigenvalue weighted by atomic mass is 16.5. The van der Waals surface area contributed by atoms with E-state index in [1.165, 1.54) is 13.2 Å². The van der Waals surface area contributed by atoms with Crippen molar-refractivity contribution in [3.05, 3.63) is 88.3 Å². The fourth-order valence-corrected chi connectivity index (χ4v) is 4.03. The highest BCUT2D eigenvalue weighted by Gasteiger charge is 2.23. The van der Waals surface area contributed by atoms with Crippen molar-refractivity contribution in [1.29, 1.82) is 0 Å². The minimum absolute atomic E-state index is 0.332. The van der Waals surface area contributed by atoms with Crippen molar-refractivity contribution in [3.8, 4) is 22.6 Å². The van der Waals surface area contributed by atoms with Crippen LogP contribution in [-0.4, -0.2) is 26.9 Å². The predicted octanol–water partition coefficient (Wildman–Crippen LogP) is 4.61. The van der Waals surface area contributed by atoms with Crippen LogP contribution in [0.3, 0.4) is 0 Å². The number of nitrogens with zero attached hydrogens (tertiary/aromatic N) is 1. The third-order valence-electron chi connectivity index (χ3n) is 5.75. The highest BCUT2D eigenvalue weighted by molar-refractivity contribution is 5.96. The summed E-state index contributed by atoms with van der Waals surface area (Å²) in [5, 5.41) is 0.824. The molecular formula is C26H21NO6. The second-order valence-corrected chi connectivity index (χ2v) is 7.64. The monoisotopic (exact) mass is 443 g/mol. The molecule has 3 aromatic carbocycles. The minimum Gasteiger partial charge on any atom is -0.497 e. The average molecular weight is 443 g/mol. The number of methoxy groups -OCH3 is 2. The molecule has 1 aliphatic rings. The molecule has 0 saturated heterocycles. The summed E-state index contributed by atoms with van der Waals surface area (Å²) < 4.78 is 21.6. The van der Waals surface area contributed by atoms with Crippen LogP contribution in [0.4, 0.5) is 5.69 Å². The van der Waals surface area contributed by atoms with Gasteiger partial charge in [0.15, 0.2) is 6.73 Å². The van der Waals surface area contributed by atoms with Crippen LogP contribution in [0.1, 0.15) is 15.9 Å². The molecule has 4 aromatic rings. The van der Waals surface area contributed by atoms with E-state index in [1.54, 1.807) is 19.2 Å². The third-order valence-corrected chi connectivity index (χ3v) is 5.75. The zero-order valence-corrected chi connectivity index (χ0v) is 18.2. The summed E-state index contributed by atoms with van der Waals surface area (Å²) in [4.78, 5) is 26.2. The summed E-state index contributed by atoms with van der Waals surface area (Å²) in [6, 6.07) is 20.0. The summed E-state index contributed by atoms with van der Waals surface area (Å²) in [5.74, 6) is 1.03. The van der Waals surface area contributed by atoms with Crippen molar-refractivity contribution < 1.29 is 23.4 Å². The van der Waals surface area contributed by atoms with Crippen molar-refractivity contribution in [2.75, 3.05) is 25.9 Å². The summed E-state index contributed by atoms with van der Waals surface area (Å²) in [6.07, 6.45) is 0. The zero-order valence-electron chi connectivity index (χ0n) is 18.2. The first-order valence-electron chi connectivity index (χ1n) is 10.4. The molecule has 2 heterocycles. The van der Waals surface area contributed by atoms with Gasteiger partial charge in [-0.3, -0.25) is 0 Å². The van der Waals surface area contributed by atoms with Gasteiger partial charge in [-0.25, -0.2) is 9.59 Å². The first-order valence-corrected chi connectivity index (χ1v) is 10.4. The topological polar surface area (TPSA) is 78.2 Å². The van der Waals surface area contributed by atoms with E-state index in [4.69, 9.17) is 18.6 Å². The predicted molar refractivity (Wildman–Crippen MR) is 124 cm³/mol. The molecule has 0 unspecified atom stereocenters. The molecule has 0 spiro atoms. The molecule has 7 heteroatoms. The molecule has 0 radical (unpaired) electrons. The average Bonchev–Trinajstić information content (AvgIpc) is 2.87. The van der Waals surface area contributed by atoms with E-state index in [-0.39, 0.29) is 5.97 Å². The Morgan fingerprint density at radius 1 is 0.970 bits per heavy atom. The standard InChI is InChI=1S/C26H21NO6/c1-30-19-9-5-16(6-10-19)21-13-24(28)33-25-20(21)11-12-23-22(25)14-27(15-32-23)18-7-3-17(4-8-18)26(29)31-2/h3-13H,14-15H2,1-2H3. The molecule has 0 bridgehead atoms. The Morgan fingerprint density at radius 2 is 1.73 bits per heavy atom. The van der Waals surface area contributed by atoms with Crippen molar-refractivity contribution in [3.63, 3.8) is 0 Å². The molecule has 1 aromatic heterocycles. The van der Waals surface area contributed by atoms with Gasteiger partial charge >= 0.3 is 11.6 Å². The fraction of sp³-hybridized carbons (Fsp3) is 0.154. The normalized spacial score (nSPS) is 12.7. The van der Waals surface area contributed by atoms with Gasteiger partial charge in [-0.2, -0.15) is 0 Å². The quantitative estimate of drug-likeness (QED) is 0.337. The van der Waals surface area contributed by atoms with Gasteiger partial charge in [-0.05, 0) is 59.7 Å². The summed E-state index contributed by atoms with van der Waals surface area (Å²) >= 11 is 0. The van der Waals surface area contributed by atoms with Crippen molar-refractivity contribution >= 4 is 22.6 Å². The molecule has 7 nitrogen and oxygen atoms in total. The molecule has 0 amide bonds. The lowest BCUT2D eigenvalue weighted by atomic mass is 9.99. The number of carbonyl (C=O) groups excluding carboxylic acids is 1. The molecule has 5 rings (SSSR count). The van der Waals surface area contributed by atoms with E-state index in [9.17, 15) is 9.59 Å². The van der Waals surface area contributed by atoms with E-state index >= 15 is 0 Å². The Balaban J connectivity index is 1.55. The summed E-state index contributed by atoms with van der Waals surface area (Å²) in [6.45, 7) is 0.817. The highest BCUT2D eigenvalue weighted by Crippen LogP contribution is 2.37. The van der Waals surface area contributed by atoms with E-state index in [0.717, 1.165) is 33.5 Å². The number of ether oxygens (including phenoxy) is 3. The second kappa shape index (κ2) is 8.35. The van der Waals surface area contributed by atoms with Crippen LogP contribution in [0.5, 0.6) is 11.5 Å². The lowest BCUT2D eigenvalue weighted by molar-refractivity contribution is 0.0600. The molecule has 166 valence electrons. The number of fused-ring (bicyclic) bond motifs is 3. The smallest absolute Gasteiger partial charge is 0.337 e. The lowest BCUT2D eigenvalue weighted by Crippen LogP contribution is -2.32. The molecule has 1 aliphatic heterocycles. The maximum atomic E-state index is 12.5. The number of hydrogen-bond acceptors (Lipinski definition) is 7. The van der Waals surface area contributed by atoms with E-state index in [1.807, 2.05) is 53.4 Å². The van der Waals surface area contributed by atoms with Gasteiger partial charge in [-0.15, -0.1) is 0 Å². The Bertz CT molecular complexity index is 1390. The van der Waals surface area contributed by atoms with Crippen molar-refractivity contribution in [1.82, 2.24) is 0 Å². The van der Waals surface area contributed by atoms with E-state index < -0.39 is 5.63 Å². The minimum atomic E-state index is -0.429. The number of carbonyl (C=O) groups is 1. The van der Waals surface area contributed by atoms with Gasteiger partial charge < -0.3 is 23.5 Å². The summed E-state index contributed by atoms with van der Waals surface area (Å²) in [7, 11) is 2.97.